The van der Waals surface area contributed by atoms with Crippen LogP contribution >= 0.6 is 0 Å². The average Bonchev–Trinajstić information content (AvgIpc) is 3.38. The lowest BCUT2D eigenvalue weighted by molar-refractivity contribution is 0.343. The zero-order valence-electron chi connectivity index (χ0n) is 19.5. The van der Waals surface area contributed by atoms with E-state index in [-0.39, 0.29) is 11.5 Å². The lowest BCUT2D eigenvalue weighted by Crippen LogP contribution is -2.21. The van der Waals surface area contributed by atoms with Gasteiger partial charge in [0.25, 0.3) is 0 Å². The lowest BCUT2D eigenvalue weighted by atomic mass is 10.0. The molecule has 3 aromatic carbocycles. The molecule has 0 amide bonds. The summed E-state index contributed by atoms with van der Waals surface area (Å²) in [7, 11) is 0. The van der Waals surface area contributed by atoms with Gasteiger partial charge in [-0.1, -0.05) is 36.4 Å². The van der Waals surface area contributed by atoms with E-state index < -0.39 is 11.1 Å². The zero-order valence-corrected chi connectivity index (χ0v) is 20.3. The van der Waals surface area contributed by atoms with E-state index in [1.54, 1.807) is 18.3 Å². The van der Waals surface area contributed by atoms with Gasteiger partial charge in [0.2, 0.25) is 0 Å². The van der Waals surface area contributed by atoms with Crippen molar-refractivity contribution in [2.24, 2.45) is 0 Å². The lowest BCUT2D eigenvalue weighted by Gasteiger charge is -2.17. The normalized spacial score (nSPS) is 14.9. The van der Waals surface area contributed by atoms with Gasteiger partial charge < -0.3 is 19.9 Å². The minimum atomic E-state index is -2.01. The quantitative estimate of drug-likeness (QED) is 0.276. The number of nitrogens with one attached hydrogen (secondary N) is 1. The highest BCUT2D eigenvalue weighted by Crippen LogP contribution is 2.35. The molecule has 0 bridgehead atoms. The maximum atomic E-state index is 11.7. The van der Waals surface area contributed by atoms with Gasteiger partial charge in [0.1, 0.15) is 5.75 Å². The molecule has 0 aliphatic carbocycles. The minimum absolute atomic E-state index is 0.0270. The van der Waals surface area contributed by atoms with Gasteiger partial charge in [-0.05, 0) is 73.8 Å². The van der Waals surface area contributed by atoms with Crippen LogP contribution in [0.1, 0.15) is 24.0 Å². The summed E-state index contributed by atoms with van der Waals surface area (Å²) in [6.07, 6.45) is 5.22. The molecule has 1 aromatic heterocycles. The fourth-order valence-corrected chi connectivity index (χ4v) is 5.24. The Labute approximate surface area is 207 Å². The average molecular weight is 488 g/mol. The molecule has 35 heavy (non-hydrogen) atoms. The molecule has 2 heterocycles. The molecule has 0 radical (unpaired) electrons. The summed E-state index contributed by atoms with van der Waals surface area (Å²) < 4.78 is 21.4. The number of phenolic OH excluding ortho intramolecular Hbond substituents is 1. The van der Waals surface area contributed by atoms with Crippen molar-refractivity contribution in [1.82, 2.24) is 9.88 Å². The summed E-state index contributed by atoms with van der Waals surface area (Å²) >= 11 is -2.01. The number of hydrogen-bond donors (Lipinski definition) is 3. The fraction of sp³-hybridized carbons (Fsp3) is 0.250. The summed E-state index contributed by atoms with van der Waals surface area (Å²) in [4.78, 5) is 7.04. The van der Waals surface area contributed by atoms with Crippen LogP contribution in [0.25, 0.3) is 22.0 Å². The molecule has 1 fully saturated rings. The number of phenols is 1. The molecule has 0 spiro atoms. The van der Waals surface area contributed by atoms with E-state index in [1.165, 1.54) is 31.5 Å². The topological polar surface area (TPSA) is 85.7 Å². The molecular formula is C28H29N3O3S. The standard InChI is InChI=1S/C28H29N3O3S/c32-27-9-2-1-8-24(27)21-10-11-26-25(17-21)28(22(18-29-26)19-35(33)34)30-23-7-5-6-20(16-23)12-15-31-13-3-4-14-31/h1-2,5-11,16-18,32H,3-4,12-15,19H2,(H,29,30)(H,33,34). The second-order valence-electron chi connectivity index (χ2n) is 9.00. The minimum Gasteiger partial charge on any atom is -0.507 e. The van der Waals surface area contributed by atoms with E-state index in [9.17, 15) is 13.9 Å². The Morgan fingerprint density at radius 1 is 1.00 bits per heavy atom. The summed E-state index contributed by atoms with van der Waals surface area (Å²) in [6, 6.07) is 21.4. The third kappa shape index (κ3) is 5.53. The first-order valence-corrected chi connectivity index (χ1v) is 13.2. The second-order valence-corrected chi connectivity index (χ2v) is 9.93. The molecular weight excluding hydrogens is 458 g/mol. The third-order valence-corrected chi connectivity index (χ3v) is 7.11. The summed E-state index contributed by atoms with van der Waals surface area (Å²) in [5.41, 5.74) is 5.94. The molecule has 1 aliphatic heterocycles. The number of benzene rings is 3. The molecule has 3 N–H and O–H groups in total. The summed E-state index contributed by atoms with van der Waals surface area (Å²) in [5, 5.41) is 14.7. The number of pyridine rings is 1. The monoisotopic (exact) mass is 487 g/mol. The van der Waals surface area contributed by atoms with Gasteiger partial charge in [0.05, 0.1) is 17.0 Å². The summed E-state index contributed by atoms with van der Waals surface area (Å²) in [5.74, 6) is 0.174. The van der Waals surface area contributed by atoms with Gasteiger partial charge in [0.15, 0.2) is 11.1 Å². The highest BCUT2D eigenvalue weighted by Gasteiger charge is 2.15. The maximum absolute atomic E-state index is 11.7. The number of likely N-dealkylation sites (tertiary alicyclic amines) is 1. The molecule has 4 aromatic rings. The molecule has 1 atom stereocenters. The van der Waals surface area contributed by atoms with Gasteiger partial charge in [-0.15, -0.1) is 0 Å². The van der Waals surface area contributed by atoms with Crippen LogP contribution in [0, 0.1) is 0 Å². The van der Waals surface area contributed by atoms with Crippen molar-refractivity contribution in [3.63, 3.8) is 0 Å². The van der Waals surface area contributed by atoms with Crippen LogP contribution in [-0.4, -0.2) is 43.4 Å². The van der Waals surface area contributed by atoms with Crippen LogP contribution in [0.4, 0.5) is 11.4 Å². The molecule has 5 rings (SSSR count). The maximum Gasteiger partial charge on any atom is 0.157 e. The van der Waals surface area contributed by atoms with Gasteiger partial charge >= 0.3 is 0 Å². The Balaban J connectivity index is 1.52. The van der Waals surface area contributed by atoms with Crippen LogP contribution in [-0.2, 0) is 23.3 Å². The number of aromatic nitrogens is 1. The molecule has 180 valence electrons. The van der Waals surface area contributed by atoms with Crippen LogP contribution in [0.5, 0.6) is 5.75 Å². The van der Waals surface area contributed by atoms with Gasteiger partial charge in [-0.3, -0.25) is 4.98 Å². The van der Waals surface area contributed by atoms with E-state index in [4.69, 9.17) is 0 Å². The predicted molar refractivity (Wildman–Crippen MR) is 142 cm³/mol. The highest BCUT2D eigenvalue weighted by atomic mass is 32.2. The number of fused-ring (bicyclic) bond motifs is 1. The number of aromatic hydroxyl groups is 1. The fourth-order valence-electron chi connectivity index (χ4n) is 4.75. The predicted octanol–water partition coefficient (Wildman–Crippen LogP) is 5.71. The van der Waals surface area contributed by atoms with E-state index >= 15 is 0 Å². The Morgan fingerprint density at radius 2 is 1.83 bits per heavy atom. The molecule has 7 heteroatoms. The molecule has 6 nitrogen and oxygen atoms in total. The van der Waals surface area contributed by atoms with Crippen molar-refractivity contribution < 1.29 is 13.9 Å². The Bertz CT molecular complexity index is 1370. The molecule has 0 saturated carbocycles. The van der Waals surface area contributed by atoms with Crippen LogP contribution in [0.15, 0.2) is 72.9 Å². The van der Waals surface area contributed by atoms with E-state index in [0.29, 0.717) is 5.56 Å². The largest absolute Gasteiger partial charge is 0.507 e. The second kappa shape index (κ2) is 10.6. The summed E-state index contributed by atoms with van der Waals surface area (Å²) in [6.45, 7) is 3.42. The molecule has 1 aliphatic rings. The van der Waals surface area contributed by atoms with Gasteiger partial charge in [-0.2, -0.15) is 0 Å². The highest BCUT2D eigenvalue weighted by molar-refractivity contribution is 7.78. The van der Waals surface area contributed by atoms with Gasteiger partial charge in [-0.25, -0.2) is 4.21 Å². The number of nitrogens with zero attached hydrogens (tertiary/aromatic N) is 2. The molecule has 1 saturated heterocycles. The van der Waals surface area contributed by atoms with Crippen LogP contribution < -0.4 is 5.32 Å². The Hall–Kier alpha value is -3.26. The van der Waals surface area contributed by atoms with E-state index in [1.807, 2.05) is 42.5 Å². The van der Waals surface area contributed by atoms with E-state index in [2.05, 4.69) is 27.3 Å². The van der Waals surface area contributed by atoms with Crippen LogP contribution in [0.3, 0.4) is 0 Å². The third-order valence-electron chi connectivity index (χ3n) is 6.55. The van der Waals surface area contributed by atoms with Crippen molar-refractivity contribution in [2.45, 2.75) is 25.0 Å². The van der Waals surface area contributed by atoms with Crippen molar-refractivity contribution in [3.8, 4) is 16.9 Å². The number of para-hydroxylation sites is 1. The van der Waals surface area contributed by atoms with Crippen molar-refractivity contribution in [1.29, 1.82) is 0 Å². The zero-order chi connectivity index (χ0) is 24.2. The van der Waals surface area contributed by atoms with Crippen molar-refractivity contribution in [2.75, 3.05) is 25.0 Å². The van der Waals surface area contributed by atoms with Crippen molar-refractivity contribution >= 4 is 33.4 Å². The first-order chi connectivity index (χ1) is 17.1. The Kier molecular flexibility index (Phi) is 7.08. The molecule has 1 unspecified atom stereocenters. The number of anilines is 2. The number of rotatable bonds is 8. The van der Waals surface area contributed by atoms with Crippen LogP contribution in [0.2, 0.25) is 0 Å². The van der Waals surface area contributed by atoms with Crippen molar-refractivity contribution in [3.05, 3.63) is 84.1 Å². The smallest absolute Gasteiger partial charge is 0.157 e. The SMILES string of the molecule is O=S(O)Cc1cnc2ccc(-c3ccccc3O)cc2c1Nc1cccc(CCN2CCCC2)c1. The van der Waals surface area contributed by atoms with Gasteiger partial charge in [0, 0.05) is 34.9 Å². The first kappa shape index (κ1) is 23.5. The Morgan fingerprint density at radius 3 is 2.63 bits per heavy atom. The van der Waals surface area contributed by atoms with E-state index in [0.717, 1.165) is 46.4 Å². The first-order valence-electron chi connectivity index (χ1n) is 11.9. The number of hydrogen-bond acceptors (Lipinski definition) is 5.